The van der Waals surface area contributed by atoms with Gasteiger partial charge in [0.2, 0.25) is 5.91 Å². The molecule has 4 nitrogen and oxygen atoms in total. The third kappa shape index (κ3) is 3.85. The lowest BCUT2D eigenvalue weighted by Gasteiger charge is -2.20. The third-order valence-electron chi connectivity index (χ3n) is 6.19. The monoisotopic (exact) mass is 369 g/mol. The summed E-state index contributed by atoms with van der Waals surface area (Å²) in [6, 6.07) is 4.12. The summed E-state index contributed by atoms with van der Waals surface area (Å²) in [4.78, 5) is 40.0. The molecule has 1 saturated heterocycles. The molecule has 146 valence electrons. The number of Topliss-reactive ketones (excluding diaryl/α,β-unsaturated/α-hetero) is 2. The fraction of sp³-hybridized carbons (Fsp3) is 0.609. The van der Waals surface area contributed by atoms with Gasteiger partial charge in [-0.3, -0.25) is 14.4 Å². The topological polar surface area (TPSA) is 54.5 Å². The van der Waals surface area contributed by atoms with Gasteiger partial charge >= 0.3 is 0 Å². The standard InChI is InChI=1S/C23H31NO3/c1-13(2)23(27)24-7-6-17(12-24)10-18-11-19(25)21(22(18)26)20-15(4)8-14(3)9-16(20)5/h8-9,13,17-18,21H,6-7,10-12H2,1-5H3. The molecule has 0 aromatic heterocycles. The quantitative estimate of drug-likeness (QED) is 0.760. The Hall–Kier alpha value is -1.97. The summed E-state index contributed by atoms with van der Waals surface area (Å²) >= 11 is 0. The van der Waals surface area contributed by atoms with E-state index in [4.69, 9.17) is 0 Å². The summed E-state index contributed by atoms with van der Waals surface area (Å²) in [6.07, 6.45) is 2.02. The highest BCUT2D eigenvalue weighted by molar-refractivity contribution is 6.15. The van der Waals surface area contributed by atoms with E-state index < -0.39 is 5.92 Å². The van der Waals surface area contributed by atoms with Gasteiger partial charge in [-0.05, 0) is 56.2 Å². The average Bonchev–Trinajstić information content (AvgIpc) is 3.13. The molecule has 1 aromatic carbocycles. The van der Waals surface area contributed by atoms with Crippen molar-refractivity contribution in [2.45, 2.75) is 59.8 Å². The fourth-order valence-electron chi connectivity index (χ4n) is 5.00. The van der Waals surface area contributed by atoms with Crippen LogP contribution in [0.25, 0.3) is 0 Å². The van der Waals surface area contributed by atoms with E-state index in [1.54, 1.807) is 0 Å². The Balaban J connectivity index is 1.72. The highest BCUT2D eigenvalue weighted by Gasteiger charge is 2.44. The molecule has 1 heterocycles. The van der Waals surface area contributed by atoms with E-state index >= 15 is 0 Å². The Bertz CT molecular complexity index is 757. The first-order valence-electron chi connectivity index (χ1n) is 10.1. The van der Waals surface area contributed by atoms with E-state index in [0.717, 1.165) is 48.2 Å². The Kier molecular flexibility index (Phi) is 5.55. The SMILES string of the molecule is Cc1cc(C)c(C2C(=O)CC(CC3CCN(C(=O)C(C)C)C3)C2=O)c(C)c1. The zero-order chi connectivity index (χ0) is 19.9. The maximum absolute atomic E-state index is 13.1. The molecule has 1 saturated carbocycles. The lowest BCUT2D eigenvalue weighted by Crippen LogP contribution is -2.32. The van der Waals surface area contributed by atoms with Gasteiger partial charge in [-0.1, -0.05) is 31.5 Å². The predicted octanol–water partition coefficient (Wildman–Crippen LogP) is 3.75. The van der Waals surface area contributed by atoms with Crippen LogP contribution >= 0.6 is 0 Å². The van der Waals surface area contributed by atoms with Crippen LogP contribution in [0.1, 0.15) is 61.3 Å². The normalized spacial score (nSPS) is 25.7. The molecule has 0 spiro atoms. The van der Waals surface area contributed by atoms with Crippen LogP contribution in [0.3, 0.4) is 0 Å². The highest BCUT2D eigenvalue weighted by atomic mass is 16.2. The molecule has 3 rings (SSSR count). The number of amides is 1. The van der Waals surface area contributed by atoms with Crippen LogP contribution < -0.4 is 0 Å². The second-order valence-corrected chi connectivity index (χ2v) is 8.84. The molecular weight excluding hydrogens is 338 g/mol. The first-order valence-corrected chi connectivity index (χ1v) is 10.1. The molecule has 0 bridgehead atoms. The van der Waals surface area contributed by atoms with Gasteiger partial charge in [0.25, 0.3) is 0 Å². The summed E-state index contributed by atoms with van der Waals surface area (Å²) in [5.74, 6) is -0.109. The van der Waals surface area contributed by atoms with Crippen LogP contribution in [-0.4, -0.2) is 35.5 Å². The number of benzene rings is 1. The molecule has 0 radical (unpaired) electrons. The summed E-state index contributed by atoms with van der Waals surface area (Å²) < 4.78 is 0. The van der Waals surface area contributed by atoms with Gasteiger partial charge in [-0.25, -0.2) is 0 Å². The van der Waals surface area contributed by atoms with Crippen molar-refractivity contribution in [2.75, 3.05) is 13.1 Å². The van der Waals surface area contributed by atoms with E-state index in [1.807, 2.05) is 39.5 Å². The van der Waals surface area contributed by atoms with Crippen LogP contribution in [0, 0.1) is 38.5 Å². The van der Waals surface area contributed by atoms with Crippen molar-refractivity contribution in [1.29, 1.82) is 0 Å². The maximum Gasteiger partial charge on any atom is 0.225 e. The van der Waals surface area contributed by atoms with Crippen LogP contribution in [0.15, 0.2) is 12.1 Å². The minimum atomic E-state index is -0.592. The van der Waals surface area contributed by atoms with Gasteiger partial charge < -0.3 is 4.90 Å². The molecule has 1 amide bonds. The Morgan fingerprint density at radius 2 is 1.78 bits per heavy atom. The summed E-state index contributed by atoms with van der Waals surface area (Å²) in [7, 11) is 0. The second kappa shape index (κ2) is 7.57. The smallest absolute Gasteiger partial charge is 0.225 e. The predicted molar refractivity (Wildman–Crippen MR) is 106 cm³/mol. The van der Waals surface area contributed by atoms with Crippen molar-refractivity contribution in [2.24, 2.45) is 17.8 Å². The molecule has 27 heavy (non-hydrogen) atoms. The van der Waals surface area contributed by atoms with Gasteiger partial charge in [-0.2, -0.15) is 0 Å². The highest BCUT2D eigenvalue weighted by Crippen LogP contribution is 2.39. The zero-order valence-corrected chi connectivity index (χ0v) is 17.2. The summed E-state index contributed by atoms with van der Waals surface area (Å²) in [6.45, 7) is 11.4. The minimum Gasteiger partial charge on any atom is -0.342 e. The number of carbonyl (C=O) groups is 3. The fourth-order valence-corrected chi connectivity index (χ4v) is 5.00. The molecule has 1 aliphatic heterocycles. The van der Waals surface area contributed by atoms with E-state index in [0.29, 0.717) is 12.3 Å². The number of carbonyl (C=O) groups excluding carboxylic acids is 3. The first-order chi connectivity index (χ1) is 12.7. The maximum atomic E-state index is 13.1. The van der Waals surface area contributed by atoms with Crippen LogP contribution in [0.5, 0.6) is 0 Å². The van der Waals surface area contributed by atoms with Gasteiger partial charge in [0.05, 0.1) is 0 Å². The van der Waals surface area contributed by atoms with Crippen molar-refractivity contribution < 1.29 is 14.4 Å². The zero-order valence-electron chi connectivity index (χ0n) is 17.2. The number of ketones is 2. The van der Waals surface area contributed by atoms with E-state index in [9.17, 15) is 14.4 Å². The van der Waals surface area contributed by atoms with Crippen LogP contribution in [-0.2, 0) is 14.4 Å². The molecular formula is C23H31NO3. The van der Waals surface area contributed by atoms with Crippen LogP contribution in [0.4, 0.5) is 0 Å². The van der Waals surface area contributed by atoms with Crippen molar-refractivity contribution >= 4 is 17.5 Å². The number of nitrogens with zero attached hydrogens (tertiary/aromatic N) is 1. The second-order valence-electron chi connectivity index (χ2n) is 8.84. The Morgan fingerprint density at radius 3 is 2.37 bits per heavy atom. The number of rotatable bonds is 4. The van der Waals surface area contributed by atoms with Gasteiger partial charge in [0.15, 0.2) is 5.78 Å². The number of aryl methyl sites for hydroxylation is 3. The van der Waals surface area contributed by atoms with Gasteiger partial charge in [0.1, 0.15) is 11.7 Å². The average molecular weight is 370 g/mol. The third-order valence-corrected chi connectivity index (χ3v) is 6.19. The molecule has 1 aliphatic carbocycles. The largest absolute Gasteiger partial charge is 0.342 e. The Labute approximate surface area is 162 Å². The molecule has 0 N–H and O–H groups in total. The molecule has 2 aliphatic rings. The van der Waals surface area contributed by atoms with E-state index in [1.165, 1.54) is 0 Å². The molecule has 3 unspecified atom stereocenters. The Morgan fingerprint density at radius 1 is 1.15 bits per heavy atom. The van der Waals surface area contributed by atoms with E-state index in [2.05, 4.69) is 12.1 Å². The van der Waals surface area contributed by atoms with Crippen LogP contribution in [0.2, 0.25) is 0 Å². The number of hydrogen-bond acceptors (Lipinski definition) is 3. The molecule has 3 atom stereocenters. The van der Waals surface area contributed by atoms with Crippen molar-refractivity contribution in [3.63, 3.8) is 0 Å². The lowest BCUT2D eigenvalue weighted by molar-refractivity contribution is -0.133. The molecule has 4 heteroatoms. The van der Waals surface area contributed by atoms with E-state index in [-0.39, 0.29) is 29.3 Å². The van der Waals surface area contributed by atoms with Crippen molar-refractivity contribution in [1.82, 2.24) is 4.90 Å². The summed E-state index contributed by atoms with van der Waals surface area (Å²) in [5, 5.41) is 0. The first kappa shape index (κ1) is 19.8. The number of hydrogen-bond donors (Lipinski definition) is 0. The van der Waals surface area contributed by atoms with Crippen molar-refractivity contribution in [3.8, 4) is 0 Å². The molecule has 1 aromatic rings. The minimum absolute atomic E-state index is 0.00954. The van der Waals surface area contributed by atoms with Gasteiger partial charge in [-0.15, -0.1) is 0 Å². The summed E-state index contributed by atoms with van der Waals surface area (Å²) in [5.41, 5.74) is 4.15. The van der Waals surface area contributed by atoms with Gasteiger partial charge in [0, 0.05) is 31.3 Å². The lowest BCUT2D eigenvalue weighted by atomic mass is 9.85. The number of likely N-dealkylation sites (tertiary alicyclic amines) is 1. The molecule has 2 fully saturated rings. The van der Waals surface area contributed by atoms with Crippen molar-refractivity contribution in [3.05, 3.63) is 34.4 Å².